The van der Waals surface area contributed by atoms with Gasteiger partial charge in [-0.2, -0.15) is 5.10 Å². The number of hydrogen-bond donors (Lipinski definition) is 2. The molecule has 0 amide bonds. The molecule has 4 rings (SSSR count). The van der Waals surface area contributed by atoms with E-state index in [2.05, 4.69) is 5.32 Å². The molecule has 2 N–H and O–H groups in total. The Morgan fingerprint density at radius 3 is 2.80 bits per heavy atom. The summed E-state index contributed by atoms with van der Waals surface area (Å²) in [4.78, 5) is 11.2. The number of aromatic nitrogens is 2. The van der Waals surface area contributed by atoms with Gasteiger partial charge in [-0.3, -0.25) is 0 Å². The van der Waals surface area contributed by atoms with Crippen molar-refractivity contribution in [2.45, 2.75) is 6.42 Å². The number of nitrogens with one attached hydrogen (secondary N) is 1. The molecule has 0 saturated heterocycles. The number of halogens is 2. The molecule has 0 aliphatic carbocycles. The summed E-state index contributed by atoms with van der Waals surface area (Å²) in [6.07, 6.45) is 0.822. The van der Waals surface area contributed by atoms with Crippen LogP contribution in [-0.2, 0) is 6.42 Å². The minimum atomic E-state index is -0.973. The predicted octanol–water partition coefficient (Wildman–Crippen LogP) is 4.51. The van der Waals surface area contributed by atoms with Crippen LogP contribution in [0.5, 0.6) is 0 Å². The van der Waals surface area contributed by atoms with Gasteiger partial charge in [0.25, 0.3) is 0 Å². The summed E-state index contributed by atoms with van der Waals surface area (Å²) in [5, 5.41) is 18.3. The highest BCUT2D eigenvalue weighted by molar-refractivity contribution is 6.36. The average Bonchev–Trinajstić information content (AvgIpc) is 3.18. The van der Waals surface area contributed by atoms with Crippen LogP contribution in [0.2, 0.25) is 10.0 Å². The number of fused-ring (bicyclic) bond motifs is 1. The Balaban J connectivity index is 1.89. The van der Waals surface area contributed by atoms with Gasteiger partial charge in [0, 0.05) is 22.7 Å². The molecule has 25 heavy (non-hydrogen) atoms. The predicted molar refractivity (Wildman–Crippen MR) is 98.2 cm³/mol. The molecule has 0 saturated carbocycles. The topological polar surface area (TPSA) is 67.1 Å². The van der Waals surface area contributed by atoms with Crippen LogP contribution in [0.1, 0.15) is 15.9 Å². The van der Waals surface area contributed by atoms with Gasteiger partial charge in [0.2, 0.25) is 0 Å². The fraction of sp³-hybridized carbons (Fsp3) is 0.111. The lowest BCUT2D eigenvalue weighted by atomic mass is 10.1. The highest BCUT2D eigenvalue weighted by Gasteiger charge is 2.25. The molecule has 0 spiro atoms. The number of carboxylic acid groups (broad SMARTS) is 1. The van der Waals surface area contributed by atoms with Crippen molar-refractivity contribution in [1.82, 2.24) is 9.78 Å². The second-order valence-corrected chi connectivity index (χ2v) is 6.59. The number of carboxylic acids is 1. The highest BCUT2D eigenvalue weighted by Crippen LogP contribution is 2.38. The lowest BCUT2D eigenvalue weighted by molar-refractivity contribution is 0.0697. The highest BCUT2D eigenvalue weighted by atomic mass is 35.5. The molecular weight excluding hydrogens is 361 g/mol. The lowest BCUT2D eigenvalue weighted by Gasteiger charge is -2.07. The minimum absolute atomic E-state index is 0.214. The largest absolute Gasteiger partial charge is 0.478 e. The van der Waals surface area contributed by atoms with Crippen molar-refractivity contribution in [2.24, 2.45) is 0 Å². The summed E-state index contributed by atoms with van der Waals surface area (Å²) in [7, 11) is 0. The molecule has 2 heterocycles. The summed E-state index contributed by atoms with van der Waals surface area (Å²) in [6, 6.07) is 12.0. The fourth-order valence-electron chi connectivity index (χ4n) is 3.03. The van der Waals surface area contributed by atoms with Gasteiger partial charge in [-0.05, 0) is 42.8 Å². The molecular formula is C18H13Cl2N3O2. The maximum absolute atomic E-state index is 11.2. The zero-order valence-electron chi connectivity index (χ0n) is 13.0. The van der Waals surface area contributed by atoms with E-state index in [0.29, 0.717) is 15.7 Å². The van der Waals surface area contributed by atoms with E-state index in [1.165, 1.54) is 0 Å². The van der Waals surface area contributed by atoms with E-state index in [1.54, 1.807) is 35.0 Å². The van der Waals surface area contributed by atoms with Crippen molar-refractivity contribution in [2.75, 3.05) is 11.9 Å². The van der Waals surface area contributed by atoms with Crippen LogP contribution in [-0.4, -0.2) is 27.4 Å². The summed E-state index contributed by atoms with van der Waals surface area (Å²) < 4.78 is 1.73. The number of rotatable bonds is 3. The number of hydrogen-bond acceptors (Lipinski definition) is 3. The Bertz CT molecular complexity index is 998. The second-order valence-electron chi connectivity index (χ2n) is 5.74. The van der Waals surface area contributed by atoms with E-state index in [4.69, 9.17) is 28.3 Å². The third kappa shape index (κ3) is 2.75. The van der Waals surface area contributed by atoms with Gasteiger partial charge in [0.05, 0.1) is 22.0 Å². The maximum atomic E-state index is 11.2. The first-order valence-electron chi connectivity index (χ1n) is 7.69. The van der Waals surface area contributed by atoms with Gasteiger partial charge in [0.15, 0.2) is 0 Å². The van der Waals surface area contributed by atoms with Gasteiger partial charge in [-0.1, -0.05) is 29.3 Å². The monoisotopic (exact) mass is 373 g/mol. The van der Waals surface area contributed by atoms with Crippen LogP contribution in [0.3, 0.4) is 0 Å². The van der Waals surface area contributed by atoms with Crippen LogP contribution >= 0.6 is 23.2 Å². The summed E-state index contributed by atoms with van der Waals surface area (Å²) in [5.74, 6) is -0.108. The number of benzene rings is 2. The standard InChI is InChI=1S/C18H13Cl2N3O2/c19-11-4-5-13(15(20)9-11)16-14-6-7-21-17(14)23(22-16)12-3-1-2-10(8-12)18(24)25/h1-5,8-9,21H,6-7H2,(H,24,25). The van der Waals surface area contributed by atoms with Crippen LogP contribution in [0.25, 0.3) is 16.9 Å². The molecule has 1 aromatic heterocycles. The molecule has 1 aliphatic rings. The van der Waals surface area contributed by atoms with Crippen LogP contribution < -0.4 is 5.32 Å². The third-order valence-electron chi connectivity index (χ3n) is 4.17. The SMILES string of the molecule is O=C(O)c1cccc(-n2nc(-c3ccc(Cl)cc3Cl)c3c2NCC3)c1. The van der Waals surface area contributed by atoms with Gasteiger partial charge >= 0.3 is 5.97 Å². The summed E-state index contributed by atoms with van der Waals surface area (Å²) in [6.45, 7) is 0.796. The van der Waals surface area contributed by atoms with E-state index in [0.717, 1.165) is 35.6 Å². The first kappa shape index (κ1) is 16.0. The molecule has 0 bridgehead atoms. The summed E-state index contributed by atoms with van der Waals surface area (Å²) in [5.41, 5.74) is 3.54. The number of carbonyl (C=O) groups is 1. The Hall–Kier alpha value is -2.50. The molecule has 5 nitrogen and oxygen atoms in total. The Labute approximate surface area is 153 Å². The molecule has 126 valence electrons. The van der Waals surface area contributed by atoms with E-state index in [9.17, 15) is 9.90 Å². The van der Waals surface area contributed by atoms with Crippen molar-refractivity contribution in [1.29, 1.82) is 0 Å². The van der Waals surface area contributed by atoms with Crippen molar-refractivity contribution < 1.29 is 9.90 Å². The molecule has 0 fully saturated rings. The zero-order valence-corrected chi connectivity index (χ0v) is 14.5. The fourth-order valence-corrected chi connectivity index (χ4v) is 3.53. The van der Waals surface area contributed by atoms with Crippen LogP contribution in [0.4, 0.5) is 5.82 Å². The van der Waals surface area contributed by atoms with Gasteiger partial charge < -0.3 is 10.4 Å². The Morgan fingerprint density at radius 1 is 1.20 bits per heavy atom. The van der Waals surface area contributed by atoms with E-state index < -0.39 is 5.97 Å². The minimum Gasteiger partial charge on any atom is -0.478 e. The lowest BCUT2D eigenvalue weighted by Crippen LogP contribution is -2.05. The molecule has 1 aliphatic heterocycles. The van der Waals surface area contributed by atoms with Crippen LogP contribution in [0.15, 0.2) is 42.5 Å². The molecule has 3 aromatic rings. The quantitative estimate of drug-likeness (QED) is 0.708. The first-order chi connectivity index (χ1) is 12.0. The van der Waals surface area contributed by atoms with Crippen molar-refractivity contribution in [3.63, 3.8) is 0 Å². The smallest absolute Gasteiger partial charge is 0.335 e. The normalized spacial score (nSPS) is 12.7. The van der Waals surface area contributed by atoms with Gasteiger partial charge in [-0.15, -0.1) is 0 Å². The number of aromatic carboxylic acids is 1. The van der Waals surface area contributed by atoms with Crippen molar-refractivity contribution in [3.8, 4) is 16.9 Å². The number of anilines is 1. The molecule has 0 unspecified atom stereocenters. The summed E-state index contributed by atoms with van der Waals surface area (Å²) >= 11 is 12.3. The molecule has 7 heteroatoms. The van der Waals surface area contributed by atoms with E-state index in [-0.39, 0.29) is 5.56 Å². The first-order valence-corrected chi connectivity index (χ1v) is 8.45. The molecule has 0 atom stereocenters. The van der Waals surface area contributed by atoms with Crippen molar-refractivity contribution >= 4 is 35.0 Å². The van der Waals surface area contributed by atoms with Crippen LogP contribution in [0, 0.1) is 0 Å². The van der Waals surface area contributed by atoms with Gasteiger partial charge in [0.1, 0.15) is 5.82 Å². The van der Waals surface area contributed by atoms with Gasteiger partial charge in [-0.25, -0.2) is 9.48 Å². The zero-order chi connectivity index (χ0) is 17.6. The number of nitrogens with zero attached hydrogens (tertiary/aromatic N) is 2. The second kappa shape index (κ2) is 6.10. The Morgan fingerprint density at radius 2 is 2.04 bits per heavy atom. The Kier molecular flexibility index (Phi) is 3.90. The maximum Gasteiger partial charge on any atom is 0.335 e. The third-order valence-corrected chi connectivity index (χ3v) is 4.72. The molecule has 0 radical (unpaired) electrons. The van der Waals surface area contributed by atoms with E-state index >= 15 is 0 Å². The van der Waals surface area contributed by atoms with E-state index in [1.807, 2.05) is 12.1 Å². The molecule has 2 aromatic carbocycles. The van der Waals surface area contributed by atoms with Crippen molar-refractivity contribution in [3.05, 3.63) is 63.6 Å². The average molecular weight is 374 g/mol.